The van der Waals surface area contributed by atoms with Crippen LogP contribution in [-0.4, -0.2) is 23.7 Å². The lowest BCUT2D eigenvalue weighted by atomic mass is 10.1. The van der Waals surface area contributed by atoms with Crippen LogP contribution < -0.4 is 15.0 Å². The molecule has 4 rings (SSSR count). The molecule has 0 saturated heterocycles. The number of ether oxygens (including phenoxy) is 1. The van der Waals surface area contributed by atoms with E-state index < -0.39 is 46.5 Å². The summed E-state index contributed by atoms with van der Waals surface area (Å²) < 4.78 is 61.6. The predicted molar refractivity (Wildman–Crippen MR) is 137 cm³/mol. The van der Waals surface area contributed by atoms with Gasteiger partial charge in [0.15, 0.2) is 0 Å². The Morgan fingerprint density at radius 2 is 1.76 bits per heavy atom. The van der Waals surface area contributed by atoms with Gasteiger partial charge in [-0.25, -0.2) is 17.6 Å². The van der Waals surface area contributed by atoms with Crippen LogP contribution >= 0.6 is 11.8 Å². The van der Waals surface area contributed by atoms with Crippen molar-refractivity contribution in [2.24, 2.45) is 0 Å². The quantitative estimate of drug-likeness (QED) is 0.250. The van der Waals surface area contributed by atoms with Gasteiger partial charge >= 0.3 is 0 Å². The number of fused-ring (bicyclic) bond motifs is 1. The van der Waals surface area contributed by atoms with E-state index in [1.165, 1.54) is 28.8 Å². The highest BCUT2D eigenvalue weighted by atomic mass is 32.2. The van der Waals surface area contributed by atoms with Crippen LogP contribution in [0.3, 0.4) is 0 Å². The molecule has 200 valence electrons. The Labute approximate surface area is 222 Å². The summed E-state index contributed by atoms with van der Waals surface area (Å²) >= 11 is 1.25. The van der Waals surface area contributed by atoms with Gasteiger partial charge in [0.05, 0.1) is 24.1 Å². The average molecular weight is 547 g/mol. The Balaban J connectivity index is 1.56. The fourth-order valence-corrected chi connectivity index (χ4v) is 5.14. The SMILES string of the molecule is CCCCOc1cccc(F)c1CN1C(=O)C(C)Sc2cc(C(=O)NCc3c(F)cc(F)cc3F)ccc21. The molecule has 38 heavy (non-hydrogen) atoms. The van der Waals surface area contributed by atoms with Crippen LogP contribution in [0.2, 0.25) is 0 Å². The fourth-order valence-electron chi connectivity index (χ4n) is 4.04. The number of hydrogen-bond acceptors (Lipinski definition) is 4. The zero-order valence-corrected chi connectivity index (χ0v) is 21.6. The van der Waals surface area contributed by atoms with E-state index in [0.717, 1.165) is 12.8 Å². The normalized spacial score (nSPS) is 14.8. The van der Waals surface area contributed by atoms with Crippen molar-refractivity contribution in [1.82, 2.24) is 5.32 Å². The molecule has 10 heteroatoms. The lowest BCUT2D eigenvalue weighted by Gasteiger charge is -2.33. The third kappa shape index (κ3) is 5.96. The third-order valence-electron chi connectivity index (χ3n) is 6.11. The molecule has 1 aliphatic heterocycles. The van der Waals surface area contributed by atoms with Gasteiger partial charge in [0.2, 0.25) is 5.91 Å². The molecule has 1 heterocycles. The summed E-state index contributed by atoms with van der Waals surface area (Å²) in [5, 5.41) is 1.94. The van der Waals surface area contributed by atoms with Crippen LogP contribution in [0, 0.1) is 23.3 Å². The molecule has 0 saturated carbocycles. The van der Waals surface area contributed by atoms with Crippen molar-refractivity contribution < 1.29 is 31.9 Å². The monoisotopic (exact) mass is 546 g/mol. The van der Waals surface area contributed by atoms with E-state index in [1.807, 2.05) is 6.92 Å². The molecule has 0 spiro atoms. The van der Waals surface area contributed by atoms with Gasteiger partial charge in [0.25, 0.3) is 5.91 Å². The van der Waals surface area contributed by atoms with E-state index in [1.54, 1.807) is 31.2 Å². The van der Waals surface area contributed by atoms with Crippen molar-refractivity contribution in [2.45, 2.75) is 49.9 Å². The molecule has 3 aromatic carbocycles. The highest BCUT2D eigenvalue weighted by Crippen LogP contribution is 2.41. The number of nitrogens with zero attached hydrogens (tertiary/aromatic N) is 1. The van der Waals surface area contributed by atoms with Gasteiger partial charge in [0.1, 0.15) is 29.0 Å². The number of unbranched alkanes of at least 4 members (excludes halogenated alkanes) is 1. The standard InChI is InChI=1S/C28H26F4N2O3S/c1-3-4-10-37-25-7-5-6-21(30)20(25)15-34-24-9-8-17(11-26(24)38-16(2)28(34)36)27(35)33-14-19-22(31)12-18(29)13-23(19)32/h5-9,11-13,16H,3-4,10,14-15H2,1-2H3,(H,33,35). The van der Waals surface area contributed by atoms with Crippen molar-refractivity contribution in [3.63, 3.8) is 0 Å². The first-order valence-electron chi connectivity index (χ1n) is 12.1. The van der Waals surface area contributed by atoms with Crippen molar-refractivity contribution in [3.05, 3.63) is 88.5 Å². The minimum Gasteiger partial charge on any atom is -0.493 e. The van der Waals surface area contributed by atoms with Crippen LogP contribution in [0.1, 0.15) is 48.2 Å². The van der Waals surface area contributed by atoms with Crippen LogP contribution in [0.5, 0.6) is 5.75 Å². The number of halogens is 4. The Kier molecular flexibility index (Phi) is 8.61. The zero-order chi connectivity index (χ0) is 27.4. The number of thioether (sulfide) groups is 1. The highest BCUT2D eigenvalue weighted by molar-refractivity contribution is 8.01. The average Bonchev–Trinajstić information content (AvgIpc) is 2.87. The Morgan fingerprint density at radius 3 is 2.47 bits per heavy atom. The molecule has 1 unspecified atom stereocenters. The molecule has 3 aromatic rings. The molecular formula is C28H26F4N2O3S. The van der Waals surface area contributed by atoms with Crippen molar-refractivity contribution >= 4 is 29.3 Å². The Bertz CT molecular complexity index is 1340. The summed E-state index contributed by atoms with van der Waals surface area (Å²) in [5.74, 6) is -4.19. The minimum absolute atomic E-state index is 0.0560. The first-order chi connectivity index (χ1) is 18.2. The van der Waals surface area contributed by atoms with E-state index in [9.17, 15) is 27.2 Å². The molecule has 1 N–H and O–H groups in total. The first-order valence-corrected chi connectivity index (χ1v) is 13.0. The lowest BCUT2D eigenvalue weighted by molar-refractivity contribution is -0.118. The second kappa shape index (κ2) is 11.9. The van der Waals surface area contributed by atoms with Gasteiger partial charge in [-0.3, -0.25) is 9.59 Å². The van der Waals surface area contributed by atoms with Gasteiger partial charge in [-0.05, 0) is 43.7 Å². The molecule has 0 aromatic heterocycles. The molecule has 1 aliphatic rings. The minimum atomic E-state index is -1.10. The summed E-state index contributed by atoms with van der Waals surface area (Å²) in [6, 6.07) is 10.3. The second-order valence-electron chi connectivity index (χ2n) is 8.82. The molecule has 5 nitrogen and oxygen atoms in total. The van der Waals surface area contributed by atoms with Crippen LogP contribution in [0.25, 0.3) is 0 Å². The van der Waals surface area contributed by atoms with Gasteiger partial charge < -0.3 is 15.0 Å². The highest BCUT2D eigenvalue weighted by Gasteiger charge is 2.32. The summed E-state index contributed by atoms with van der Waals surface area (Å²) in [5.41, 5.74) is 0.509. The van der Waals surface area contributed by atoms with Crippen molar-refractivity contribution in [3.8, 4) is 5.75 Å². The van der Waals surface area contributed by atoms with E-state index in [0.29, 0.717) is 35.1 Å². The third-order valence-corrected chi connectivity index (χ3v) is 7.25. The number of rotatable bonds is 9. The zero-order valence-electron chi connectivity index (χ0n) is 20.8. The number of carbonyl (C=O) groups is 2. The van der Waals surface area contributed by atoms with Crippen molar-refractivity contribution in [2.75, 3.05) is 11.5 Å². The summed E-state index contributed by atoms with van der Waals surface area (Å²) in [6.07, 6.45) is 1.72. The number of nitrogens with one attached hydrogen (secondary N) is 1. The molecule has 0 aliphatic carbocycles. The molecular weight excluding hydrogens is 520 g/mol. The van der Waals surface area contributed by atoms with Crippen LogP contribution in [0.15, 0.2) is 53.4 Å². The number of amides is 2. The topological polar surface area (TPSA) is 58.6 Å². The number of carbonyl (C=O) groups excluding carboxylic acids is 2. The van der Waals surface area contributed by atoms with Crippen LogP contribution in [0.4, 0.5) is 23.2 Å². The molecule has 0 bridgehead atoms. The maximum Gasteiger partial charge on any atom is 0.251 e. The summed E-state index contributed by atoms with van der Waals surface area (Å²) in [6.45, 7) is 3.63. The van der Waals surface area contributed by atoms with Gasteiger partial charge in [-0.1, -0.05) is 19.4 Å². The lowest BCUT2D eigenvalue weighted by Crippen LogP contribution is -2.39. The number of hydrogen-bond donors (Lipinski definition) is 1. The van der Waals surface area contributed by atoms with E-state index in [4.69, 9.17) is 4.74 Å². The smallest absolute Gasteiger partial charge is 0.251 e. The number of anilines is 1. The van der Waals surface area contributed by atoms with Crippen molar-refractivity contribution in [1.29, 1.82) is 0 Å². The van der Waals surface area contributed by atoms with Gasteiger partial charge in [-0.15, -0.1) is 11.8 Å². The molecule has 0 fully saturated rings. The number of benzene rings is 3. The maximum atomic E-state index is 14.8. The summed E-state index contributed by atoms with van der Waals surface area (Å²) in [7, 11) is 0. The van der Waals surface area contributed by atoms with Gasteiger partial charge in [0, 0.05) is 40.3 Å². The summed E-state index contributed by atoms with van der Waals surface area (Å²) in [4.78, 5) is 27.9. The second-order valence-corrected chi connectivity index (χ2v) is 10.2. The van der Waals surface area contributed by atoms with E-state index in [-0.39, 0.29) is 23.6 Å². The largest absolute Gasteiger partial charge is 0.493 e. The maximum absolute atomic E-state index is 14.8. The first kappa shape index (κ1) is 27.5. The fraction of sp³-hybridized carbons (Fsp3) is 0.286. The van der Waals surface area contributed by atoms with Gasteiger partial charge in [-0.2, -0.15) is 0 Å². The molecule has 2 amide bonds. The molecule has 1 atom stereocenters. The Morgan fingerprint density at radius 1 is 1.03 bits per heavy atom. The van der Waals surface area contributed by atoms with E-state index in [2.05, 4.69) is 5.32 Å². The molecule has 0 radical (unpaired) electrons. The van der Waals surface area contributed by atoms with Crippen LogP contribution in [-0.2, 0) is 17.9 Å². The van der Waals surface area contributed by atoms with E-state index >= 15 is 0 Å². The predicted octanol–water partition coefficient (Wildman–Crippen LogP) is 6.38. The Hall–Kier alpha value is -3.53.